The molecule has 1 aromatic rings. The molecule has 3 rings (SSSR count). The Kier molecular flexibility index (Phi) is 2.28. The summed E-state index contributed by atoms with van der Waals surface area (Å²) in [7, 11) is 0. The number of amides is 1. The SMILES string of the molecule is O=C(Nc1nnc(C2CC2)s1)C1=NCC=C1. The van der Waals surface area contributed by atoms with Crippen LogP contribution in [0, 0.1) is 0 Å². The van der Waals surface area contributed by atoms with Crippen molar-refractivity contribution in [3.05, 3.63) is 17.2 Å². The zero-order valence-electron chi connectivity index (χ0n) is 8.51. The van der Waals surface area contributed by atoms with E-state index in [0.717, 1.165) is 5.01 Å². The van der Waals surface area contributed by atoms with Crippen LogP contribution >= 0.6 is 11.3 Å². The Hall–Kier alpha value is -1.56. The van der Waals surface area contributed by atoms with Crippen molar-refractivity contribution in [3.8, 4) is 0 Å². The van der Waals surface area contributed by atoms with E-state index in [-0.39, 0.29) is 5.91 Å². The zero-order valence-corrected chi connectivity index (χ0v) is 9.33. The molecule has 16 heavy (non-hydrogen) atoms. The lowest BCUT2D eigenvalue weighted by Gasteiger charge is -1.97. The highest BCUT2D eigenvalue weighted by molar-refractivity contribution is 7.15. The van der Waals surface area contributed by atoms with Gasteiger partial charge in [-0.2, -0.15) is 0 Å². The van der Waals surface area contributed by atoms with Gasteiger partial charge in [-0.1, -0.05) is 17.4 Å². The van der Waals surface area contributed by atoms with E-state index in [0.29, 0.717) is 23.3 Å². The van der Waals surface area contributed by atoms with Crippen molar-refractivity contribution in [1.82, 2.24) is 10.2 Å². The van der Waals surface area contributed by atoms with E-state index < -0.39 is 0 Å². The van der Waals surface area contributed by atoms with Crippen molar-refractivity contribution in [3.63, 3.8) is 0 Å². The van der Waals surface area contributed by atoms with Gasteiger partial charge < -0.3 is 0 Å². The molecule has 0 aromatic carbocycles. The van der Waals surface area contributed by atoms with Crippen LogP contribution in [0.1, 0.15) is 23.8 Å². The maximum absolute atomic E-state index is 11.7. The van der Waals surface area contributed by atoms with Crippen LogP contribution in [0.15, 0.2) is 17.1 Å². The molecule has 1 N–H and O–H groups in total. The van der Waals surface area contributed by atoms with Crippen LogP contribution in [0.5, 0.6) is 0 Å². The highest BCUT2D eigenvalue weighted by Gasteiger charge is 2.27. The monoisotopic (exact) mass is 234 g/mol. The number of nitrogens with zero attached hydrogens (tertiary/aromatic N) is 3. The minimum Gasteiger partial charge on any atom is -0.295 e. The second-order valence-electron chi connectivity index (χ2n) is 3.80. The average Bonchev–Trinajstić information content (AvgIpc) is 2.82. The molecule has 1 aliphatic carbocycles. The molecule has 82 valence electrons. The molecule has 1 amide bonds. The molecule has 0 saturated heterocycles. The minimum atomic E-state index is -0.202. The zero-order chi connectivity index (χ0) is 11.0. The fraction of sp³-hybridized carbons (Fsp3) is 0.400. The molecule has 6 heteroatoms. The maximum Gasteiger partial charge on any atom is 0.275 e. The van der Waals surface area contributed by atoms with Crippen LogP contribution in [0.4, 0.5) is 5.13 Å². The Bertz CT molecular complexity index is 487. The third-order valence-electron chi connectivity index (χ3n) is 2.46. The van der Waals surface area contributed by atoms with Crippen molar-refractivity contribution in [1.29, 1.82) is 0 Å². The first-order valence-corrected chi connectivity index (χ1v) is 6.00. The molecular weight excluding hydrogens is 224 g/mol. The largest absolute Gasteiger partial charge is 0.295 e. The number of hydrogen-bond donors (Lipinski definition) is 1. The van der Waals surface area contributed by atoms with Crippen molar-refractivity contribution < 1.29 is 4.79 Å². The van der Waals surface area contributed by atoms with Crippen molar-refractivity contribution in [2.24, 2.45) is 4.99 Å². The first kappa shape index (κ1) is 9.65. The topological polar surface area (TPSA) is 67.2 Å². The van der Waals surface area contributed by atoms with E-state index in [2.05, 4.69) is 20.5 Å². The second-order valence-corrected chi connectivity index (χ2v) is 4.81. The van der Waals surface area contributed by atoms with Gasteiger partial charge in [0.1, 0.15) is 10.7 Å². The van der Waals surface area contributed by atoms with E-state index in [1.807, 2.05) is 6.08 Å². The number of carbonyl (C=O) groups excluding carboxylic acids is 1. The summed E-state index contributed by atoms with van der Waals surface area (Å²) in [6, 6.07) is 0. The van der Waals surface area contributed by atoms with Gasteiger partial charge in [-0.15, -0.1) is 10.2 Å². The Balaban J connectivity index is 1.68. The summed E-state index contributed by atoms with van der Waals surface area (Å²) < 4.78 is 0. The summed E-state index contributed by atoms with van der Waals surface area (Å²) in [5, 5.41) is 12.3. The lowest BCUT2D eigenvalue weighted by Crippen LogP contribution is -2.20. The number of aliphatic imine (C=N–C) groups is 1. The van der Waals surface area contributed by atoms with Crippen LogP contribution in [-0.4, -0.2) is 28.4 Å². The molecule has 1 aromatic heterocycles. The van der Waals surface area contributed by atoms with E-state index in [1.54, 1.807) is 6.08 Å². The summed E-state index contributed by atoms with van der Waals surface area (Å²) in [4.78, 5) is 15.7. The molecule has 0 atom stereocenters. The molecule has 5 nitrogen and oxygen atoms in total. The van der Waals surface area contributed by atoms with Gasteiger partial charge in [0, 0.05) is 5.92 Å². The van der Waals surface area contributed by atoms with Crippen molar-refractivity contribution in [2.75, 3.05) is 11.9 Å². The van der Waals surface area contributed by atoms with Gasteiger partial charge in [-0.05, 0) is 18.9 Å². The van der Waals surface area contributed by atoms with Crippen LogP contribution in [-0.2, 0) is 4.79 Å². The first-order chi connectivity index (χ1) is 7.83. The van der Waals surface area contributed by atoms with Gasteiger partial charge in [0.05, 0.1) is 6.54 Å². The predicted octanol–water partition coefficient (Wildman–Crippen LogP) is 1.36. The van der Waals surface area contributed by atoms with E-state index in [4.69, 9.17) is 0 Å². The molecule has 0 radical (unpaired) electrons. The molecule has 1 saturated carbocycles. The highest BCUT2D eigenvalue weighted by atomic mass is 32.1. The van der Waals surface area contributed by atoms with Crippen LogP contribution < -0.4 is 5.32 Å². The molecule has 2 aliphatic rings. The summed E-state index contributed by atoms with van der Waals surface area (Å²) in [6.07, 6.45) is 5.96. The number of anilines is 1. The fourth-order valence-corrected chi connectivity index (χ4v) is 2.36. The summed E-state index contributed by atoms with van der Waals surface area (Å²) >= 11 is 1.46. The van der Waals surface area contributed by atoms with E-state index in [1.165, 1.54) is 24.2 Å². The number of aromatic nitrogens is 2. The number of nitrogens with one attached hydrogen (secondary N) is 1. The molecule has 2 heterocycles. The third-order valence-corrected chi connectivity index (χ3v) is 3.46. The molecule has 0 spiro atoms. The molecule has 0 unspecified atom stereocenters. The second kappa shape index (κ2) is 3.79. The Morgan fingerprint density at radius 3 is 3.00 bits per heavy atom. The maximum atomic E-state index is 11.7. The minimum absolute atomic E-state index is 0.202. The predicted molar refractivity (Wildman–Crippen MR) is 62.0 cm³/mol. The quantitative estimate of drug-likeness (QED) is 0.858. The lowest BCUT2D eigenvalue weighted by molar-refractivity contribution is -0.110. The molecule has 1 aliphatic heterocycles. The van der Waals surface area contributed by atoms with Gasteiger partial charge >= 0.3 is 0 Å². The molecule has 1 fully saturated rings. The van der Waals surface area contributed by atoms with Gasteiger partial charge in [-0.3, -0.25) is 15.1 Å². The molecular formula is C10H10N4OS. The highest BCUT2D eigenvalue weighted by Crippen LogP contribution is 2.41. The summed E-state index contributed by atoms with van der Waals surface area (Å²) in [5.41, 5.74) is 0.461. The number of rotatable bonds is 3. The van der Waals surface area contributed by atoms with Crippen LogP contribution in [0.2, 0.25) is 0 Å². The van der Waals surface area contributed by atoms with E-state index in [9.17, 15) is 4.79 Å². The van der Waals surface area contributed by atoms with E-state index >= 15 is 0 Å². The van der Waals surface area contributed by atoms with Crippen LogP contribution in [0.3, 0.4) is 0 Å². The lowest BCUT2D eigenvalue weighted by atomic mass is 10.3. The van der Waals surface area contributed by atoms with Crippen LogP contribution in [0.25, 0.3) is 0 Å². The smallest absolute Gasteiger partial charge is 0.275 e. The normalized spacial score (nSPS) is 18.6. The number of carbonyl (C=O) groups is 1. The fourth-order valence-electron chi connectivity index (χ4n) is 1.46. The first-order valence-electron chi connectivity index (χ1n) is 5.18. The van der Waals surface area contributed by atoms with Gasteiger partial charge in [0.15, 0.2) is 0 Å². The average molecular weight is 234 g/mol. The molecule has 0 bridgehead atoms. The Labute approximate surface area is 96.3 Å². The van der Waals surface area contributed by atoms with Gasteiger partial charge in [0.25, 0.3) is 5.91 Å². The van der Waals surface area contributed by atoms with Gasteiger partial charge in [0.2, 0.25) is 5.13 Å². The number of hydrogen-bond acceptors (Lipinski definition) is 5. The van der Waals surface area contributed by atoms with Crippen molar-refractivity contribution >= 4 is 28.1 Å². The standard InChI is InChI=1S/C10H10N4OS/c15-8(7-2-1-5-11-7)12-10-14-13-9(16-10)6-3-4-6/h1-2,6H,3-5H2,(H,12,14,15). The summed E-state index contributed by atoms with van der Waals surface area (Å²) in [6.45, 7) is 0.589. The van der Waals surface area contributed by atoms with Crippen molar-refractivity contribution in [2.45, 2.75) is 18.8 Å². The Morgan fingerprint density at radius 1 is 1.44 bits per heavy atom. The van der Waals surface area contributed by atoms with Gasteiger partial charge in [-0.25, -0.2) is 0 Å². The third kappa shape index (κ3) is 1.88. The summed E-state index contributed by atoms with van der Waals surface area (Å²) in [5.74, 6) is 0.374. The Morgan fingerprint density at radius 2 is 2.31 bits per heavy atom.